The molecule has 0 aliphatic carbocycles. The number of H-pyrrole nitrogens is 2. The molecule has 3 aromatic heterocycles. The summed E-state index contributed by atoms with van der Waals surface area (Å²) in [6.45, 7) is 0. The Morgan fingerprint density at radius 2 is 0.810 bits per heavy atom. The highest BCUT2D eigenvalue weighted by Crippen LogP contribution is 2.47. The molecule has 5 heterocycles. The molecule has 2 aliphatic heterocycles. The van der Waals surface area contributed by atoms with Crippen LogP contribution in [0.5, 0.6) is 0 Å². The van der Waals surface area contributed by atoms with E-state index in [1.165, 1.54) is 0 Å². The van der Waals surface area contributed by atoms with Crippen LogP contribution in [0.1, 0.15) is 34.9 Å². The maximum atomic E-state index is 13.7. The smallest absolute Gasteiger partial charge is 0.280 e. The van der Waals surface area contributed by atoms with Crippen molar-refractivity contribution in [3.05, 3.63) is 209 Å². The molecular formula is C50H36N6O2. The Labute approximate surface area is 334 Å². The monoisotopic (exact) mass is 752 g/mol. The Morgan fingerprint density at radius 3 is 1.22 bits per heavy atom. The second-order valence-corrected chi connectivity index (χ2v) is 14.4. The zero-order valence-corrected chi connectivity index (χ0v) is 31.2. The summed E-state index contributed by atoms with van der Waals surface area (Å²) in [6.07, 6.45) is 4.15. The molecule has 0 spiro atoms. The molecule has 0 amide bonds. The normalized spacial score (nSPS) is 14.6. The Kier molecular flexibility index (Phi) is 8.76. The third-order valence-electron chi connectivity index (χ3n) is 10.8. The summed E-state index contributed by atoms with van der Waals surface area (Å²) in [4.78, 5) is 31.8. The van der Waals surface area contributed by atoms with Gasteiger partial charge < -0.3 is 15.3 Å². The van der Waals surface area contributed by atoms with Crippen molar-refractivity contribution in [1.82, 2.24) is 19.9 Å². The van der Waals surface area contributed by atoms with Crippen LogP contribution in [-0.4, -0.2) is 24.9 Å². The van der Waals surface area contributed by atoms with Gasteiger partial charge in [-0.1, -0.05) is 140 Å². The molecule has 0 fully saturated rings. The number of nitro groups is 1. The third kappa shape index (κ3) is 6.23. The first-order valence-corrected chi connectivity index (χ1v) is 19.3. The molecule has 0 saturated carbocycles. The van der Waals surface area contributed by atoms with Crippen LogP contribution in [0.4, 0.5) is 5.69 Å². The number of aromatic nitrogens is 4. The van der Waals surface area contributed by atoms with E-state index in [1.54, 1.807) is 0 Å². The van der Waals surface area contributed by atoms with Crippen LogP contribution in [0.3, 0.4) is 0 Å². The topological polar surface area (TPSA) is 113 Å². The molecule has 58 heavy (non-hydrogen) atoms. The van der Waals surface area contributed by atoms with Gasteiger partial charge in [0.2, 0.25) is 0 Å². The average molecular weight is 753 g/mol. The number of hydrogen-bond donors (Lipinski definition) is 3. The summed E-state index contributed by atoms with van der Waals surface area (Å²) in [7, 11) is 0. The SMILES string of the molecule is O=[N+]([O-])C1c2nc(c(-c3ccccc3)c3ccc([nH]3)c(-c3ccccc3)c3nc(c(-c4ccccc4)c4ccc([nH]4)c2-c2ccccc2)C=C3)C1Nc1ccccc1. The highest BCUT2D eigenvalue weighted by atomic mass is 16.6. The number of rotatable bonds is 7. The lowest BCUT2D eigenvalue weighted by Crippen LogP contribution is -2.22. The quantitative estimate of drug-likeness (QED) is 0.111. The molecule has 8 heteroatoms. The van der Waals surface area contributed by atoms with Crippen LogP contribution in [0, 0.1) is 10.1 Å². The van der Waals surface area contributed by atoms with Gasteiger partial charge in [-0.05, 0) is 70.8 Å². The van der Waals surface area contributed by atoms with E-state index in [0.717, 1.165) is 72.6 Å². The van der Waals surface area contributed by atoms with Crippen LogP contribution in [0.2, 0.25) is 0 Å². The number of fused-ring (bicyclic) bond motifs is 8. The largest absolute Gasteiger partial charge is 0.370 e. The third-order valence-corrected chi connectivity index (χ3v) is 10.8. The standard InChI is InChI=1S/C50H36N6O2/c57-56(58)50-48-46(35-22-12-4-13-23-35)42-31-29-40(54-42)44(33-18-8-2-9-19-33)38-27-26-37(52-38)43(32-16-6-1-7-17-32)39-28-30-41(53-39)45(34-20-10-3-11-21-34)47(55-48)49(50)51-36-24-14-5-15-25-36/h1-31,49-51,53-54H. The molecule has 8 bridgehead atoms. The zero-order valence-electron chi connectivity index (χ0n) is 31.2. The molecule has 0 radical (unpaired) electrons. The van der Waals surface area contributed by atoms with Gasteiger partial charge in [0, 0.05) is 54.9 Å². The van der Waals surface area contributed by atoms with Gasteiger partial charge in [-0.25, -0.2) is 9.97 Å². The van der Waals surface area contributed by atoms with E-state index < -0.39 is 12.1 Å². The Balaban J connectivity index is 1.43. The van der Waals surface area contributed by atoms with E-state index in [4.69, 9.17) is 9.97 Å². The van der Waals surface area contributed by atoms with Crippen LogP contribution < -0.4 is 5.32 Å². The van der Waals surface area contributed by atoms with Gasteiger partial charge in [0.25, 0.3) is 6.04 Å². The maximum absolute atomic E-state index is 13.7. The summed E-state index contributed by atoms with van der Waals surface area (Å²) in [5.41, 5.74) is 13.3. The maximum Gasteiger partial charge on any atom is 0.280 e. The first-order valence-electron chi connectivity index (χ1n) is 19.3. The molecule has 8 nitrogen and oxygen atoms in total. The van der Waals surface area contributed by atoms with E-state index in [-0.39, 0.29) is 4.92 Å². The number of hydrogen-bond acceptors (Lipinski definition) is 5. The van der Waals surface area contributed by atoms with E-state index >= 15 is 0 Å². The zero-order chi connectivity index (χ0) is 39.0. The van der Waals surface area contributed by atoms with Crippen LogP contribution in [0.25, 0.3) is 78.7 Å². The lowest BCUT2D eigenvalue weighted by molar-refractivity contribution is -0.531. The van der Waals surface area contributed by atoms with Gasteiger partial charge in [-0.15, -0.1) is 0 Å². The lowest BCUT2D eigenvalue weighted by atomic mass is 9.94. The highest BCUT2D eigenvalue weighted by molar-refractivity contribution is 5.97. The summed E-state index contributed by atoms with van der Waals surface area (Å²) in [5.74, 6) is 0. The van der Waals surface area contributed by atoms with Gasteiger partial charge in [-0.3, -0.25) is 10.1 Å². The molecule has 2 atom stereocenters. The molecule has 2 unspecified atom stereocenters. The fraction of sp³-hybridized carbons (Fsp3) is 0.0400. The van der Waals surface area contributed by atoms with Crippen molar-refractivity contribution in [1.29, 1.82) is 0 Å². The molecular weight excluding hydrogens is 717 g/mol. The molecule has 0 saturated heterocycles. The van der Waals surface area contributed by atoms with Crippen LogP contribution >= 0.6 is 0 Å². The minimum absolute atomic E-state index is 0.200. The molecule has 3 N–H and O–H groups in total. The summed E-state index contributed by atoms with van der Waals surface area (Å²) in [5, 5.41) is 17.3. The number of para-hydroxylation sites is 1. The van der Waals surface area contributed by atoms with Crippen LogP contribution in [0.15, 0.2) is 176 Å². The average Bonchev–Trinajstić information content (AvgIpc) is 4.10. The van der Waals surface area contributed by atoms with Crippen molar-refractivity contribution in [2.24, 2.45) is 0 Å². The minimum atomic E-state index is -1.26. The molecule has 2 aliphatic rings. The molecule has 8 aromatic rings. The number of nitrogens with zero attached hydrogens (tertiary/aromatic N) is 3. The first kappa shape index (κ1) is 34.6. The van der Waals surface area contributed by atoms with E-state index in [0.29, 0.717) is 22.5 Å². The lowest BCUT2D eigenvalue weighted by Gasteiger charge is -2.19. The number of aromatic amines is 2. The Morgan fingerprint density at radius 1 is 0.448 bits per heavy atom. The van der Waals surface area contributed by atoms with Gasteiger partial charge >= 0.3 is 0 Å². The van der Waals surface area contributed by atoms with E-state index in [9.17, 15) is 10.1 Å². The van der Waals surface area contributed by atoms with Gasteiger partial charge in [0.05, 0.1) is 17.1 Å². The summed E-state index contributed by atoms with van der Waals surface area (Å²) in [6, 6.07) is 55.9. The van der Waals surface area contributed by atoms with Gasteiger partial charge in [-0.2, -0.15) is 0 Å². The van der Waals surface area contributed by atoms with Crippen molar-refractivity contribution in [3.8, 4) is 44.5 Å². The van der Waals surface area contributed by atoms with Gasteiger partial charge in [0.1, 0.15) is 11.7 Å². The molecule has 278 valence electrons. The van der Waals surface area contributed by atoms with Crippen molar-refractivity contribution in [2.75, 3.05) is 5.32 Å². The Hall–Kier alpha value is -7.84. The second kappa shape index (κ2) is 14.7. The van der Waals surface area contributed by atoms with Crippen LogP contribution in [-0.2, 0) is 0 Å². The predicted molar refractivity (Wildman–Crippen MR) is 234 cm³/mol. The number of benzene rings is 5. The van der Waals surface area contributed by atoms with Crippen molar-refractivity contribution < 1.29 is 4.92 Å². The van der Waals surface area contributed by atoms with Crippen molar-refractivity contribution >= 4 is 39.9 Å². The summed E-state index contributed by atoms with van der Waals surface area (Å²) >= 11 is 0. The molecule has 5 aromatic carbocycles. The fourth-order valence-electron chi connectivity index (χ4n) is 8.27. The van der Waals surface area contributed by atoms with Gasteiger partial charge in [0.15, 0.2) is 0 Å². The fourth-order valence-corrected chi connectivity index (χ4v) is 8.27. The first-order chi connectivity index (χ1) is 28.6. The van der Waals surface area contributed by atoms with E-state index in [2.05, 4.69) is 57.8 Å². The number of nitrogens with one attached hydrogen (secondary N) is 3. The second-order valence-electron chi connectivity index (χ2n) is 14.4. The highest BCUT2D eigenvalue weighted by Gasteiger charge is 2.45. The predicted octanol–water partition coefficient (Wildman–Crippen LogP) is 12.3. The van der Waals surface area contributed by atoms with Crippen molar-refractivity contribution in [3.63, 3.8) is 0 Å². The Bertz CT molecular complexity index is 3000. The van der Waals surface area contributed by atoms with Crippen molar-refractivity contribution in [2.45, 2.75) is 12.1 Å². The number of anilines is 1. The summed E-state index contributed by atoms with van der Waals surface area (Å²) < 4.78 is 0. The minimum Gasteiger partial charge on any atom is -0.370 e. The van der Waals surface area contributed by atoms with E-state index in [1.807, 2.05) is 146 Å². The molecule has 10 rings (SSSR count).